The number of rotatable bonds is 6. The van der Waals surface area contributed by atoms with Crippen molar-refractivity contribution < 1.29 is 8.78 Å². The standard InChI is InChI=1S/C12H15ClF2S/c1-2-3-4-5-6-9-7-10(16-8-9)11(14)12(13)15/h7-8H,2-6H2,1H3. The molecule has 1 rings (SSSR count). The van der Waals surface area contributed by atoms with Gasteiger partial charge in [-0.25, -0.2) is 4.39 Å². The van der Waals surface area contributed by atoms with Crippen LogP contribution < -0.4 is 0 Å². The van der Waals surface area contributed by atoms with Gasteiger partial charge < -0.3 is 0 Å². The lowest BCUT2D eigenvalue weighted by Gasteiger charge is -1.96. The average molecular weight is 265 g/mol. The van der Waals surface area contributed by atoms with E-state index in [9.17, 15) is 8.78 Å². The Morgan fingerprint density at radius 1 is 1.31 bits per heavy atom. The highest BCUT2D eigenvalue weighted by molar-refractivity contribution is 7.11. The second-order valence-electron chi connectivity index (χ2n) is 3.70. The SMILES string of the molecule is CCCCCCc1csc(C(F)=C(F)Cl)c1. The summed E-state index contributed by atoms with van der Waals surface area (Å²) in [5.74, 6) is -0.952. The molecule has 90 valence electrons. The van der Waals surface area contributed by atoms with Crippen LogP contribution in [-0.2, 0) is 6.42 Å². The van der Waals surface area contributed by atoms with Crippen LogP contribution in [0.5, 0.6) is 0 Å². The van der Waals surface area contributed by atoms with E-state index in [2.05, 4.69) is 6.92 Å². The Labute approximate surface area is 104 Å². The van der Waals surface area contributed by atoms with Crippen molar-refractivity contribution in [2.75, 3.05) is 0 Å². The molecule has 0 N–H and O–H groups in total. The first-order chi connectivity index (χ1) is 7.65. The minimum atomic E-state index is -1.26. The lowest BCUT2D eigenvalue weighted by atomic mass is 10.1. The molecule has 0 aromatic carbocycles. The van der Waals surface area contributed by atoms with Crippen LogP contribution in [0.4, 0.5) is 8.78 Å². The van der Waals surface area contributed by atoms with Crippen LogP contribution in [0.3, 0.4) is 0 Å². The van der Waals surface area contributed by atoms with Crippen molar-refractivity contribution in [3.05, 3.63) is 27.2 Å². The van der Waals surface area contributed by atoms with Crippen molar-refractivity contribution in [3.63, 3.8) is 0 Å². The lowest BCUT2D eigenvalue weighted by molar-refractivity contribution is 0.652. The van der Waals surface area contributed by atoms with Crippen molar-refractivity contribution in [1.29, 1.82) is 0 Å². The Hall–Kier alpha value is -0.410. The second-order valence-corrected chi connectivity index (χ2v) is 4.95. The van der Waals surface area contributed by atoms with Crippen molar-refractivity contribution in [1.82, 2.24) is 0 Å². The summed E-state index contributed by atoms with van der Waals surface area (Å²) in [6.45, 7) is 2.16. The van der Waals surface area contributed by atoms with Crippen molar-refractivity contribution in [3.8, 4) is 0 Å². The monoisotopic (exact) mass is 264 g/mol. The summed E-state index contributed by atoms with van der Waals surface area (Å²) >= 11 is 6.15. The van der Waals surface area contributed by atoms with E-state index in [4.69, 9.17) is 11.6 Å². The lowest BCUT2D eigenvalue weighted by Crippen LogP contribution is -1.82. The Bertz CT molecular complexity index is 354. The number of unbranched alkanes of at least 4 members (excludes halogenated alkanes) is 3. The molecule has 0 atom stereocenters. The average Bonchev–Trinajstić information content (AvgIpc) is 2.72. The molecule has 0 saturated carbocycles. The van der Waals surface area contributed by atoms with Gasteiger partial charge in [0.2, 0.25) is 5.29 Å². The fourth-order valence-corrected chi connectivity index (χ4v) is 2.51. The van der Waals surface area contributed by atoms with Gasteiger partial charge in [0, 0.05) is 0 Å². The van der Waals surface area contributed by atoms with Crippen molar-refractivity contribution in [2.24, 2.45) is 0 Å². The van der Waals surface area contributed by atoms with E-state index in [1.165, 1.54) is 30.6 Å². The van der Waals surface area contributed by atoms with Crippen LogP contribution in [0.15, 0.2) is 16.7 Å². The predicted molar refractivity (Wildman–Crippen MR) is 67.2 cm³/mol. The van der Waals surface area contributed by atoms with Gasteiger partial charge in [-0.3, -0.25) is 0 Å². The first-order valence-electron chi connectivity index (χ1n) is 5.43. The Balaban J connectivity index is 2.49. The maximum absolute atomic E-state index is 13.1. The number of halogens is 3. The summed E-state index contributed by atoms with van der Waals surface area (Å²) in [5.41, 5.74) is 1.06. The van der Waals surface area contributed by atoms with E-state index in [1.807, 2.05) is 5.38 Å². The number of hydrogen-bond acceptors (Lipinski definition) is 1. The Morgan fingerprint density at radius 3 is 2.69 bits per heavy atom. The van der Waals surface area contributed by atoms with Gasteiger partial charge in [-0.1, -0.05) is 26.2 Å². The van der Waals surface area contributed by atoms with Crippen molar-refractivity contribution in [2.45, 2.75) is 39.0 Å². The zero-order valence-electron chi connectivity index (χ0n) is 9.23. The minimum absolute atomic E-state index is 0.276. The molecular weight excluding hydrogens is 250 g/mol. The molecule has 0 radical (unpaired) electrons. The molecule has 0 aliphatic rings. The number of thiophene rings is 1. The predicted octanol–water partition coefficient (Wildman–Crippen LogP) is 5.67. The molecule has 0 aliphatic carbocycles. The van der Waals surface area contributed by atoms with Gasteiger partial charge in [-0.15, -0.1) is 11.3 Å². The maximum atomic E-state index is 13.1. The first kappa shape index (κ1) is 13.7. The molecule has 0 spiro atoms. The molecule has 1 aromatic heterocycles. The summed E-state index contributed by atoms with van der Waals surface area (Å²) in [4.78, 5) is 0.276. The van der Waals surface area contributed by atoms with E-state index in [1.54, 1.807) is 6.07 Å². The first-order valence-corrected chi connectivity index (χ1v) is 6.69. The fourth-order valence-electron chi connectivity index (χ4n) is 1.47. The molecular formula is C12H15ClF2S. The van der Waals surface area contributed by atoms with Crippen LogP contribution in [0.2, 0.25) is 0 Å². The summed E-state index contributed by atoms with van der Waals surface area (Å²) in [7, 11) is 0. The van der Waals surface area contributed by atoms with Crippen LogP contribution in [0.25, 0.3) is 5.83 Å². The molecule has 16 heavy (non-hydrogen) atoms. The summed E-state index contributed by atoms with van der Waals surface area (Å²) < 4.78 is 25.5. The van der Waals surface area contributed by atoms with Gasteiger partial charge in [-0.05, 0) is 41.5 Å². The third kappa shape index (κ3) is 4.22. The van der Waals surface area contributed by atoms with Crippen LogP contribution >= 0.6 is 22.9 Å². The minimum Gasteiger partial charge on any atom is -0.201 e. The fraction of sp³-hybridized carbons (Fsp3) is 0.500. The highest BCUT2D eigenvalue weighted by Gasteiger charge is 2.09. The largest absolute Gasteiger partial charge is 0.226 e. The van der Waals surface area contributed by atoms with E-state index >= 15 is 0 Å². The van der Waals surface area contributed by atoms with Gasteiger partial charge in [0.15, 0.2) is 5.83 Å². The zero-order chi connectivity index (χ0) is 12.0. The topological polar surface area (TPSA) is 0 Å². The molecule has 1 heterocycles. The molecule has 0 nitrogen and oxygen atoms in total. The summed E-state index contributed by atoms with van der Waals surface area (Å²) in [6, 6.07) is 1.67. The van der Waals surface area contributed by atoms with E-state index < -0.39 is 11.1 Å². The number of hydrogen-bond donors (Lipinski definition) is 0. The smallest absolute Gasteiger partial charge is 0.201 e. The summed E-state index contributed by atoms with van der Waals surface area (Å²) in [6.07, 6.45) is 5.63. The van der Waals surface area contributed by atoms with E-state index in [0.717, 1.165) is 18.4 Å². The number of aryl methyl sites for hydroxylation is 1. The van der Waals surface area contributed by atoms with Crippen LogP contribution in [0, 0.1) is 0 Å². The maximum Gasteiger partial charge on any atom is 0.226 e. The summed E-state index contributed by atoms with van der Waals surface area (Å²) in [5, 5.41) is 0.597. The third-order valence-electron chi connectivity index (χ3n) is 2.36. The van der Waals surface area contributed by atoms with E-state index in [0.29, 0.717) is 0 Å². The normalized spacial score (nSPS) is 12.8. The molecule has 1 aromatic rings. The Kier molecular flexibility index (Phi) is 5.99. The molecule has 0 aliphatic heterocycles. The van der Waals surface area contributed by atoms with Crippen LogP contribution in [0.1, 0.15) is 43.0 Å². The van der Waals surface area contributed by atoms with Gasteiger partial charge in [-0.2, -0.15) is 4.39 Å². The zero-order valence-corrected chi connectivity index (χ0v) is 10.8. The molecule has 0 fully saturated rings. The molecule has 0 bridgehead atoms. The van der Waals surface area contributed by atoms with Crippen molar-refractivity contribution >= 4 is 28.8 Å². The highest BCUT2D eigenvalue weighted by atomic mass is 35.5. The van der Waals surface area contributed by atoms with Gasteiger partial charge >= 0.3 is 0 Å². The van der Waals surface area contributed by atoms with Crippen LogP contribution in [-0.4, -0.2) is 0 Å². The van der Waals surface area contributed by atoms with Gasteiger partial charge in [0.05, 0.1) is 4.88 Å². The molecule has 0 saturated heterocycles. The quantitative estimate of drug-likeness (QED) is 0.580. The molecule has 0 amide bonds. The third-order valence-corrected chi connectivity index (χ3v) is 3.49. The van der Waals surface area contributed by atoms with Gasteiger partial charge in [0.1, 0.15) is 0 Å². The Morgan fingerprint density at radius 2 is 2.06 bits per heavy atom. The highest BCUT2D eigenvalue weighted by Crippen LogP contribution is 2.29. The van der Waals surface area contributed by atoms with Gasteiger partial charge in [0.25, 0.3) is 0 Å². The second kappa shape index (κ2) is 7.02. The van der Waals surface area contributed by atoms with E-state index in [-0.39, 0.29) is 4.88 Å². The molecule has 0 unspecified atom stereocenters. The molecule has 4 heteroatoms.